The summed E-state index contributed by atoms with van der Waals surface area (Å²) < 4.78 is 22.4. The van der Waals surface area contributed by atoms with Crippen molar-refractivity contribution in [3.63, 3.8) is 0 Å². The Labute approximate surface area is 198 Å². The normalized spacial score (nSPS) is 23.9. The molecule has 4 rings (SSSR count). The Morgan fingerprint density at radius 2 is 1.59 bits per heavy atom. The second-order valence-electron chi connectivity index (χ2n) is 8.34. The lowest BCUT2D eigenvalue weighted by atomic mass is 9.95. The first-order valence-corrected chi connectivity index (χ1v) is 11.2. The number of hydrogen-bond acceptors (Lipinski definition) is 7. The molecule has 0 amide bonds. The predicted octanol–water partition coefficient (Wildman–Crippen LogP) is 3.20. The molecule has 2 aliphatic heterocycles. The number of hydrogen-bond donors (Lipinski definition) is 1. The number of fused-ring (bicyclic) bond motifs is 1. The van der Waals surface area contributed by atoms with Crippen LogP contribution in [0.15, 0.2) is 60.7 Å². The third-order valence-electron chi connectivity index (χ3n) is 5.99. The van der Waals surface area contributed by atoms with Gasteiger partial charge in [-0.3, -0.25) is 4.79 Å². The maximum Gasteiger partial charge on any atom is 0.331 e. The van der Waals surface area contributed by atoms with Crippen molar-refractivity contribution in [1.29, 1.82) is 0 Å². The van der Waals surface area contributed by atoms with Crippen LogP contribution in [0.4, 0.5) is 0 Å². The average molecular weight is 465 g/mol. The maximum absolute atomic E-state index is 12.5. The van der Waals surface area contributed by atoms with E-state index in [0.29, 0.717) is 13.0 Å². The van der Waals surface area contributed by atoms with E-state index in [1.807, 2.05) is 36.4 Å². The first kappa shape index (κ1) is 23.9. The number of carbonyl (C=O) groups excluding carboxylic acids is 2. The standard InChI is InChI=1S/C27H28O7/c1-31-23-11-7-19(8-12-23)6-10-22(29)14-21-16-32-27-24(17-33-26(21)27)34-25(30)13-9-18-2-4-20(15-28)5-3-18/h2-13,21,24,26-28H,14-17H2,1H3/t21-,24+,26-,27-/m0/s1. The fraction of sp³-hybridized carbons (Fsp3) is 0.333. The van der Waals surface area contributed by atoms with Crippen molar-refractivity contribution >= 4 is 23.9 Å². The van der Waals surface area contributed by atoms with E-state index in [-0.39, 0.29) is 37.1 Å². The van der Waals surface area contributed by atoms with Crippen LogP contribution in [0, 0.1) is 5.92 Å². The van der Waals surface area contributed by atoms with E-state index in [9.17, 15) is 9.59 Å². The zero-order valence-corrected chi connectivity index (χ0v) is 19.0. The number of carbonyl (C=O) groups is 2. The fourth-order valence-corrected chi connectivity index (χ4v) is 4.14. The summed E-state index contributed by atoms with van der Waals surface area (Å²) in [5, 5.41) is 9.10. The molecule has 34 heavy (non-hydrogen) atoms. The number of ketones is 1. The van der Waals surface area contributed by atoms with Crippen LogP contribution in [-0.4, -0.2) is 55.5 Å². The van der Waals surface area contributed by atoms with E-state index in [1.54, 1.807) is 37.5 Å². The number of benzene rings is 2. The van der Waals surface area contributed by atoms with Crippen molar-refractivity contribution in [2.24, 2.45) is 5.92 Å². The van der Waals surface area contributed by atoms with Crippen LogP contribution in [0.5, 0.6) is 5.75 Å². The second kappa shape index (κ2) is 11.2. The van der Waals surface area contributed by atoms with Crippen molar-refractivity contribution in [3.8, 4) is 5.75 Å². The molecule has 7 nitrogen and oxygen atoms in total. The van der Waals surface area contributed by atoms with Gasteiger partial charge >= 0.3 is 5.97 Å². The molecule has 2 fully saturated rings. The van der Waals surface area contributed by atoms with Crippen molar-refractivity contribution in [2.45, 2.75) is 31.3 Å². The van der Waals surface area contributed by atoms with Crippen molar-refractivity contribution < 1.29 is 33.6 Å². The Morgan fingerprint density at radius 3 is 2.26 bits per heavy atom. The monoisotopic (exact) mass is 464 g/mol. The molecule has 7 heteroatoms. The van der Waals surface area contributed by atoms with E-state index in [0.717, 1.165) is 22.4 Å². The molecule has 2 aromatic rings. The molecule has 0 aliphatic carbocycles. The van der Waals surface area contributed by atoms with Gasteiger partial charge in [-0.2, -0.15) is 0 Å². The molecule has 0 spiro atoms. The lowest BCUT2D eigenvalue weighted by molar-refractivity contribution is -0.147. The molecule has 0 aromatic heterocycles. The highest BCUT2D eigenvalue weighted by atomic mass is 16.6. The number of aliphatic hydroxyl groups is 1. The van der Waals surface area contributed by atoms with Gasteiger partial charge in [-0.25, -0.2) is 4.79 Å². The minimum absolute atomic E-state index is 0.00994. The molecule has 4 atom stereocenters. The van der Waals surface area contributed by atoms with Gasteiger partial charge in [0.25, 0.3) is 0 Å². The summed E-state index contributed by atoms with van der Waals surface area (Å²) in [7, 11) is 1.61. The van der Waals surface area contributed by atoms with E-state index < -0.39 is 12.1 Å². The lowest BCUT2D eigenvalue weighted by Crippen LogP contribution is -2.33. The van der Waals surface area contributed by atoms with Crippen LogP contribution in [-0.2, 0) is 30.4 Å². The summed E-state index contributed by atoms with van der Waals surface area (Å²) in [4.78, 5) is 24.7. The fourth-order valence-electron chi connectivity index (χ4n) is 4.14. The van der Waals surface area contributed by atoms with E-state index in [2.05, 4.69) is 0 Å². The van der Waals surface area contributed by atoms with Gasteiger partial charge in [-0.05, 0) is 41.0 Å². The van der Waals surface area contributed by atoms with Crippen LogP contribution >= 0.6 is 0 Å². The van der Waals surface area contributed by atoms with E-state index in [4.69, 9.17) is 24.1 Å². The summed E-state index contributed by atoms with van der Waals surface area (Å²) in [6.45, 7) is 0.604. The molecule has 2 aromatic carbocycles. The van der Waals surface area contributed by atoms with Gasteiger partial charge in [0.15, 0.2) is 11.9 Å². The van der Waals surface area contributed by atoms with Gasteiger partial charge in [-0.15, -0.1) is 0 Å². The van der Waals surface area contributed by atoms with Crippen LogP contribution in [0.1, 0.15) is 23.1 Å². The highest BCUT2D eigenvalue weighted by Gasteiger charge is 2.49. The lowest BCUT2D eigenvalue weighted by Gasteiger charge is -2.16. The Balaban J connectivity index is 1.26. The summed E-state index contributed by atoms with van der Waals surface area (Å²) >= 11 is 0. The molecule has 2 saturated heterocycles. The summed E-state index contributed by atoms with van der Waals surface area (Å²) in [6.07, 6.45) is 5.52. The zero-order chi connectivity index (χ0) is 23.9. The number of aliphatic hydroxyl groups excluding tert-OH is 1. The molecular weight excluding hydrogens is 436 g/mol. The van der Waals surface area contributed by atoms with Crippen molar-refractivity contribution in [1.82, 2.24) is 0 Å². The Morgan fingerprint density at radius 1 is 0.941 bits per heavy atom. The molecule has 2 heterocycles. The largest absolute Gasteiger partial charge is 0.497 e. The Bertz CT molecular complexity index is 954. The van der Waals surface area contributed by atoms with Crippen molar-refractivity contribution in [2.75, 3.05) is 20.3 Å². The van der Waals surface area contributed by atoms with E-state index in [1.165, 1.54) is 6.08 Å². The number of methoxy groups -OCH3 is 1. The van der Waals surface area contributed by atoms with Gasteiger partial charge < -0.3 is 24.1 Å². The second-order valence-corrected chi connectivity index (χ2v) is 8.34. The third kappa shape index (κ3) is 5.99. The van der Waals surface area contributed by atoms with Crippen LogP contribution < -0.4 is 4.74 Å². The van der Waals surface area contributed by atoms with E-state index >= 15 is 0 Å². The molecule has 0 radical (unpaired) electrons. The molecule has 2 aliphatic rings. The first-order chi connectivity index (χ1) is 16.6. The number of esters is 1. The Kier molecular flexibility index (Phi) is 7.90. The summed E-state index contributed by atoms with van der Waals surface area (Å²) in [6, 6.07) is 14.7. The topological polar surface area (TPSA) is 91.3 Å². The average Bonchev–Trinajstić information content (AvgIpc) is 3.45. The predicted molar refractivity (Wildman–Crippen MR) is 126 cm³/mol. The van der Waals surface area contributed by atoms with Crippen LogP contribution in [0.2, 0.25) is 0 Å². The first-order valence-electron chi connectivity index (χ1n) is 11.2. The zero-order valence-electron chi connectivity index (χ0n) is 19.0. The molecule has 0 saturated carbocycles. The van der Waals surface area contributed by atoms with Crippen LogP contribution in [0.3, 0.4) is 0 Å². The maximum atomic E-state index is 12.5. The van der Waals surface area contributed by atoms with Gasteiger partial charge in [0.05, 0.1) is 33.0 Å². The third-order valence-corrected chi connectivity index (χ3v) is 5.99. The van der Waals surface area contributed by atoms with Gasteiger partial charge in [0.1, 0.15) is 11.9 Å². The molecule has 0 unspecified atom stereocenters. The van der Waals surface area contributed by atoms with Crippen LogP contribution in [0.25, 0.3) is 12.2 Å². The van der Waals surface area contributed by atoms with Gasteiger partial charge in [0, 0.05) is 18.4 Å². The summed E-state index contributed by atoms with van der Waals surface area (Å²) in [5.41, 5.74) is 2.54. The minimum Gasteiger partial charge on any atom is -0.497 e. The van der Waals surface area contributed by atoms with Gasteiger partial charge in [0.2, 0.25) is 0 Å². The number of rotatable bonds is 9. The molecular formula is C27H28O7. The highest BCUT2D eigenvalue weighted by molar-refractivity contribution is 5.93. The smallest absolute Gasteiger partial charge is 0.331 e. The van der Waals surface area contributed by atoms with Crippen molar-refractivity contribution in [3.05, 3.63) is 77.4 Å². The highest BCUT2D eigenvalue weighted by Crippen LogP contribution is 2.34. The number of ether oxygens (including phenoxy) is 4. The minimum atomic E-state index is -0.506. The SMILES string of the molecule is COc1ccc(C=CC(=O)C[C@H]2CO[C@@H]3[C@H]2OC[C@H]3OC(=O)C=Cc2ccc(CO)cc2)cc1. The summed E-state index contributed by atoms with van der Waals surface area (Å²) in [5.74, 6) is 0.191. The quantitative estimate of drug-likeness (QED) is 0.450. The van der Waals surface area contributed by atoms with Gasteiger partial charge in [-0.1, -0.05) is 42.5 Å². The molecule has 0 bridgehead atoms. The molecule has 178 valence electrons. The molecule has 1 N–H and O–H groups in total. The number of allylic oxidation sites excluding steroid dienone is 1. The Hall–Kier alpha value is -3.26.